The number of aromatic hydroxyl groups is 1. The highest BCUT2D eigenvalue weighted by Crippen LogP contribution is 2.17. The van der Waals surface area contributed by atoms with Crippen molar-refractivity contribution in [3.63, 3.8) is 0 Å². The second-order valence-corrected chi connectivity index (χ2v) is 4.27. The number of carbonyl (C=O) groups excluding carboxylic acids is 2. The maximum Gasteiger partial charge on any atom is 0.307 e. The topological polar surface area (TPSA) is 66.8 Å². The number of hydrogen-bond donors (Lipinski definition) is 1. The minimum Gasteiger partial charge on any atom is -0.508 e. The van der Waals surface area contributed by atoms with Crippen LogP contribution in [0, 0.1) is 0 Å². The molecule has 1 aromatic rings. The highest BCUT2D eigenvalue weighted by Gasteiger charge is 2.11. The Morgan fingerprint density at radius 3 is 2.58 bits per heavy atom. The van der Waals surface area contributed by atoms with Crippen LogP contribution in [0.25, 0.3) is 0 Å². The van der Waals surface area contributed by atoms with Gasteiger partial charge >= 0.3 is 5.97 Å². The summed E-state index contributed by atoms with van der Waals surface area (Å²) in [5.41, 5.74) is 0.747. The number of benzene rings is 1. The van der Waals surface area contributed by atoms with Crippen molar-refractivity contribution >= 4 is 11.9 Å². The monoisotopic (exact) mass is 265 g/mol. The molecule has 1 N–H and O–H groups in total. The Morgan fingerprint density at radius 1 is 1.26 bits per heavy atom. The van der Waals surface area contributed by atoms with Gasteiger partial charge in [0.05, 0.1) is 13.5 Å². The Morgan fingerprint density at radius 2 is 1.95 bits per heavy atom. The lowest BCUT2D eigenvalue weighted by Crippen LogP contribution is -2.29. The number of para-hydroxylation sites is 1. The first-order valence-electron chi connectivity index (χ1n) is 6.12. The molecule has 19 heavy (non-hydrogen) atoms. The van der Waals surface area contributed by atoms with Crippen LogP contribution < -0.4 is 0 Å². The lowest BCUT2D eigenvalue weighted by atomic mass is 10.1. The van der Waals surface area contributed by atoms with Gasteiger partial charge in [-0.25, -0.2) is 0 Å². The SMILES string of the molecule is COC(=O)CCN(C)C(=O)CCc1ccccc1O. The number of amides is 1. The number of nitrogens with zero attached hydrogens (tertiary/aromatic N) is 1. The van der Waals surface area contributed by atoms with Gasteiger partial charge in [-0.2, -0.15) is 0 Å². The number of methoxy groups -OCH3 is 1. The summed E-state index contributed by atoms with van der Waals surface area (Å²) >= 11 is 0. The summed E-state index contributed by atoms with van der Waals surface area (Å²) in [5, 5.41) is 9.58. The number of carbonyl (C=O) groups is 2. The Hall–Kier alpha value is -2.04. The van der Waals surface area contributed by atoms with E-state index in [1.165, 1.54) is 12.0 Å². The van der Waals surface area contributed by atoms with Crippen LogP contribution in [-0.4, -0.2) is 42.6 Å². The molecule has 5 nitrogen and oxygen atoms in total. The van der Waals surface area contributed by atoms with E-state index in [0.717, 1.165) is 5.56 Å². The van der Waals surface area contributed by atoms with Crippen molar-refractivity contribution in [1.82, 2.24) is 4.90 Å². The standard InChI is InChI=1S/C14H19NO4/c1-15(10-9-14(18)19-2)13(17)8-7-11-5-3-4-6-12(11)16/h3-6,16H,7-10H2,1-2H3. The summed E-state index contributed by atoms with van der Waals surface area (Å²) in [6, 6.07) is 6.95. The van der Waals surface area contributed by atoms with Gasteiger partial charge in [0.25, 0.3) is 0 Å². The highest BCUT2D eigenvalue weighted by molar-refractivity contribution is 5.77. The first kappa shape index (κ1) is 15.0. The first-order chi connectivity index (χ1) is 9.04. The van der Waals surface area contributed by atoms with Crippen LogP contribution in [0.3, 0.4) is 0 Å². The van der Waals surface area contributed by atoms with Gasteiger partial charge in [-0.15, -0.1) is 0 Å². The maximum absolute atomic E-state index is 11.8. The average molecular weight is 265 g/mol. The molecule has 0 saturated heterocycles. The van der Waals surface area contributed by atoms with Gasteiger partial charge in [0.1, 0.15) is 5.75 Å². The van der Waals surface area contributed by atoms with Gasteiger partial charge < -0.3 is 14.7 Å². The van der Waals surface area contributed by atoms with Crippen LogP contribution in [0.1, 0.15) is 18.4 Å². The molecule has 0 saturated carbocycles. The van der Waals surface area contributed by atoms with E-state index in [9.17, 15) is 14.7 Å². The van der Waals surface area contributed by atoms with Crippen LogP contribution in [0.5, 0.6) is 5.75 Å². The Balaban J connectivity index is 2.38. The first-order valence-corrected chi connectivity index (χ1v) is 6.12. The van der Waals surface area contributed by atoms with Crippen molar-refractivity contribution in [3.05, 3.63) is 29.8 Å². The molecule has 0 aliphatic carbocycles. The molecule has 0 unspecified atom stereocenters. The Labute approximate surface area is 112 Å². The van der Waals surface area contributed by atoms with Gasteiger partial charge in [0.2, 0.25) is 5.91 Å². The Kier molecular flexibility index (Phi) is 5.85. The fraction of sp³-hybridized carbons (Fsp3) is 0.429. The number of ether oxygens (including phenoxy) is 1. The van der Waals surface area contributed by atoms with E-state index in [0.29, 0.717) is 19.4 Å². The molecule has 5 heteroatoms. The molecule has 0 aromatic heterocycles. The second-order valence-electron chi connectivity index (χ2n) is 4.27. The predicted octanol–water partition coefficient (Wildman–Crippen LogP) is 1.35. The summed E-state index contributed by atoms with van der Waals surface area (Å²) in [4.78, 5) is 24.3. The molecule has 0 radical (unpaired) electrons. The molecule has 0 aliphatic rings. The molecule has 0 fully saturated rings. The van der Waals surface area contributed by atoms with Crippen LogP contribution in [0.2, 0.25) is 0 Å². The van der Waals surface area contributed by atoms with E-state index >= 15 is 0 Å². The third-order valence-electron chi connectivity index (χ3n) is 2.90. The van der Waals surface area contributed by atoms with Gasteiger partial charge in [0.15, 0.2) is 0 Å². The number of phenolic OH excluding ortho intramolecular Hbond substituents is 1. The summed E-state index contributed by atoms with van der Waals surface area (Å²) in [6.07, 6.45) is 0.971. The minimum atomic E-state index is -0.333. The zero-order chi connectivity index (χ0) is 14.3. The zero-order valence-electron chi connectivity index (χ0n) is 11.3. The highest BCUT2D eigenvalue weighted by atomic mass is 16.5. The van der Waals surface area contributed by atoms with Crippen molar-refractivity contribution in [2.45, 2.75) is 19.3 Å². The van der Waals surface area contributed by atoms with Gasteiger partial charge in [-0.05, 0) is 18.1 Å². The van der Waals surface area contributed by atoms with Crippen LogP contribution in [0.4, 0.5) is 0 Å². The quantitative estimate of drug-likeness (QED) is 0.788. The summed E-state index contributed by atoms with van der Waals surface area (Å²) < 4.78 is 4.52. The molecule has 0 atom stereocenters. The van der Waals surface area contributed by atoms with Crippen LogP contribution in [-0.2, 0) is 20.7 Å². The normalized spacial score (nSPS) is 10.0. The Bertz CT molecular complexity index is 445. The van der Waals surface area contributed by atoms with E-state index in [4.69, 9.17) is 0 Å². The number of hydrogen-bond acceptors (Lipinski definition) is 4. The predicted molar refractivity (Wildman–Crippen MR) is 70.7 cm³/mol. The van der Waals surface area contributed by atoms with E-state index in [1.807, 2.05) is 6.07 Å². The van der Waals surface area contributed by atoms with E-state index in [-0.39, 0.29) is 24.0 Å². The molecule has 1 rings (SSSR count). The molecule has 0 aliphatic heterocycles. The molecule has 104 valence electrons. The maximum atomic E-state index is 11.8. The third kappa shape index (κ3) is 4.99. The molecular formula is C14H19NO4. The van der Waals surface area contributed by atoms with E-state index in [1.54, 1.807) is 25.2 Å². The fourth-order valence-electron chi connectivity index (χ4n) is 1.64. The largest absolute Gasteiger partial charge is 0.508 e. The van der Waals surface area contributed by atoms with Crippen molar-refractivity contribution in [2.24, 2.45) is 0 Å². The van der Waals surface area contributed by atoms with Crippen LogP contribution >= 0.6 is 0 Å². The number of rotatable bonds is 6. The summed E-state index contributed by atoms with van der Waals surface area (Å²) in [6.45, 7) is 0.340. The third-order valence-corrected chi connectivity index (χ3v) is 2.90. The number of aryl methyl sites for hydroxylation is 1. The molecule has 0 bridgehead atoms. The fourth-order valence-corrected chi connectivity index (χ4v) is 1.64. The molecular weight excluding hydrogens is 246 g/mol. The lowest BCUT2D eigenvalue weighted by molar-refractivity contribution is -0.141. The van der Waals surface area contributed by atoms with Crippen molar-refractivity contribution in [2.75, 3.05) is 20.7 Å². The van der Waals surface area contributed by atoms with Gasteiger partial charge in [0, 0.05) is 20.0 Å². The number of esters is 1. The lowest BCUT2D eigenvalue weighted by Gasteiger charge is -2.16. The van der Waals surface area contributed by atoms with Crippen molar-refractivity contribution < 1.29 is 19.4 Å². The molecule has 1 aromatic carbocycles. The van der Waals surface area contributed by atoms with Gasteiger partial charge in [-0.3, -0.25) is 9.59 Å². The van der Waals surface area contributed by atoms with Crippen molar-refractivity contribution in [3.8, 4) is 5.75 Å². The van der Waals surface area contributed by atoms with Crippen LogP contribution in [0.15, 0.2) is 24.3 Å². The van der Waals surface area contributed by atoms with E-state index in [2.05, 4.69) is 4.74 Å². The smallest absolute Gasteiger partial charge is 0.307 e. The van der Waals surface area contributed by atoms with Crippen molar-refractivity contribution in [1.29, 1.82) is 0 Å². The van der Waals surface area contributed by atoms with Gasteiger partial charge in [-0.1, -0.05) is 18.2 Å². The zero-order valence-corrected chi connectivity index (χ0v) is 11.3. The molecule has 0 heterocycles. The molecule has 1 amide bonds. The molecule has 0 spiro atoms. The number of phenols is 1. The second kappa shape index (κ2) is 7.41. The summed E-state index contributed by atoms with van der Waals surface area (Å²) in [7, 11) is 2.97. The summed E-state index contributed by atoms with van der Waals surface area (Å²) in [5.74, 6) is -0.194. The minimum absolute atomic E-state index is 0.0628. The average Bonchev–Trinajstić information content (AvgIpc) is 2.43. The van der Waals surface area contributed by atoms with E-state index < -0.39 is 0 Å².